The normalized spacial score (nSPS) is 12.1. The molecule has 2 atom stereocenters. The third-order valence-corrected chi connectivity index (χ3v) is 5.55. The lowest BCUT2D eigenvalue weighted by Crippen LogP contribution is -2.53. The Hall–Kier alpha value is -4.66. The van der Waals surface area contributed by atoms with Crippen molar-refractivity contribution in [3.05, 3.63) is 95.6 Å². The van der Waals surface area contributed by atoms with Gasteiger partial charge in [-0.05, 0) is 47.5 Å². The molecule has 0 fully saturated rings. The Bertz CT molecular complexity index is 1230. The molecule has 0 aliphatic carbocycles. The van der Waals surface area contributed by atoms with Crippen LogP contribution < -0.4 is 16.0 Å². The van der Waals surface area contributed by atoms with Crippen LogP contribution in [0, 0.1) is 0 Å². The highest BCUT2D eigenvalue weighted by atomic mass is 16.5. The van der Waals surface area contributed by atoms with Crippen LogP contribution in [0.2, 0.25) is 0 Å². The van der Waals surface area contributed by atoms with Gasteiger partial charge in [0, 0.05) is 31.0 Å². The molecule has 0 spiro atoms. The molecule has 3 aromatic carbocycles. The number of carbonyl (C=O) groups is 4. The minimum absolute atomic E-state index is 0.0710. The number of hydrogen-bond acceptors (Lipinski definition) is 6. The molecule has 0 unspecified atom stereocenters. The number of amides is 3. The monoisotopic (exact) mass is 503 g/mol. The molecule has 3 rings (SSSR count). The van der Waals surface area contributed by atoms with E-state index in [2.05, 4.69) is 16.0 Å². The number of nitrogens with one attached hydrogen (secondary N) is 3. The molecule has 0 aliphatic rings. The fourth-order valence-electron chi connectivity index (χ4n) is 3.68. The average molecular weight is 504 g/mol. The summed E-state index contributed by atoms with van der Waals surface area (Å²) >= 11 is 0. The summed E-state index contributed by atoms with van der Waals surface area (Å²) in [7, 11) is 1.24. The first-order valence-corrected chi connectivity index (χ1v) is 11.6. The molecule has 0 radical (unpaired) electrons. The predicted molar refractivity (Wildman–Crippen MR) is 138 cm³/mol. The molecule has 0 aliphatic heterocycles. The van der Waals surface area contributed by atoms with Gasteiger partial charge >= 0.3 is 5.97 Å². The zero-order chi connectivity index (χ0) is 26.8. The number of carbonyl (C=O) groups excluding carboxylic acids is 4. The van der Waals surface area contributed by atoms with E-state index in [1.807, 2.05) is 30.3 Å². The van der Waals surface area contributed by atoms with Crippen LogP contribution in [0.5, 0.6) is 5.75 Å². The minimum Gasteiger partial charge on any atom is -0.508 e. The summed E-state index contributed by atoms with van der Waals surface area (Å²) < 4.78 is 4.89. The highest BCUT2D eigenvalue weighted by Gasteiger charge is 2.28. The van der Waals surface area contributed by atoms with Crippen LogP contribution in [-0.2, 0) is 32.0 Å². The van der Waals surface area contributed by atoms with Gasteiger partial charge in [0.2, 0.25) is 11.8 Å². The van der Waals surface area contributed by atoms with E-state index in [9.17, 15) is 24.3 Å². The van der Waals surface area contributed by atoms with Crippen molar-refractivity contribution >= 4 is 29.4 Å². The Labute approximate surface area is 214 Å². The number of rotatable bonds is 10. The molecule has 192 valence electrons. The van der Waals surface area contributed by atoms with Gasteiger partial charge in [-0.15, -0.1) is 0 Å². The minimum atomic E-state index is -1.03. The van der Waals surface area contributed by atoms with Gasteiger partial charge in [-0.25, -0.2) is 4.79 Å². The van der Waals surface area contributed by atoms with Gasteiger partial charge in [-0.2, -0.15) is 0 Å². The number of anilines is 1. The van der Waals surface area contributed by atoms with E-state index in [0.29, 0.717) is 11.3 Å². The molecule has 0 saturated carbocycles. The molecule has 4 N–H and O–H groups in total. The van der Waals surface area contributed by atoms with Crippen LogP contribution in [-0.4, -0.2) is 48.0 Å². The standard InChI is InChI=1S/C28H29N3O6/c1-18(32)29-22-12-10-21(11-13-22)26(34)30-24(16-20-8-14-23(33)15-9-20)27(35)31-25(28(36)37-2)17-19-6-4-3-5-7-19/h3-15,24-25,33H,16-17H2,1-2H3,(H,29,32)(H,30,34)(H,31,35)/t24-,25-/m0/s1. The Kier molecular flexibility index (Phi) is 9.37. The molecule has 9 heteroatoms. The number of hydrogen-bond donors (Lipinski definition) is 4. The summed E-state index contributed by atoms with van der Waals surface area (Å²) in [6.07, 6.45) is 0.324. The van der Waals surface area contributed by atoms with Gasteiger partial charge < -0.3 is 25.8 Å². The van der Waals surface area contributed by atoms with Gasteiger partial charge in [-0.3, -0.25) is 14.4 Å². The zero-order valence-corrected chi connectivity index (χ0v) is 20.6. The summed E-state index contributed by atoms with van der Waals surface area (Å²) in [6, 6.07) is 19.7. The summed E-state index contributed by atoms with van der Waals surface area (Å²) in [4.78, 5) is 50.0. The average Bonchev–Trinajstić information content (AvgIpc) is 2.89. The number of phenolic OH excluding ortho intramolecular Hbond substituents is 1. The van der Waals surface area contributed by atoms with Gasteiger partial charge in [0.05, 0.1) is 7.11 Å². The van der Waals surface area contributed by atoms with Crippen molar-refractivity contribution in [1.82, 2.24) is 10.6 Å². The second-order valence-corrected chi connectivity index (χ2v) is 8.43. The highest BCUT2D eigenvalue weighted by Crippen LogP contribution is 2.14. The van der Waals surface area contributed by atoms with E-state index in [1.165, 1.54) is 38.3 Å². The molecule has 37 heavy (non-hydrogen) atoms. The molecule has 3 amide bonds. The molecular weight excluding hydrogens is 474 g/mol. The Morgan fingerprint density at radius 1 is 0.784 bits per heavy atom. The predicted octanol–water partition coefficient (Wildman–Crippen LogP) is 2.59. The van der Waals surface area contributed by atoms with Gasteiger partial charge in [0.25, 0.3) is 5.91 Å². The van der Waals surface area contributed by atoms with Crippen LogP contribution >= 0.6 is 0 Å². The topological polar surface area (TPSA) is 134 Å². The van der Waals surface area contributed by atoms with Crippen LogP contribution in [0.1, 0.15) is 28.4 Å². The lowest BCUT2D eigenvalue weighted by molar-refractivity contribution is -0.145. The quantitative estimate of drug-likeness (QED) is 0.314. The first-order chi connectivity index (χ1) is 17.7. The number of esters is 1. The van der Waals surface area contributed by atoms with Crippen LogP contribution in [0.4, 0.5) is 5.69 Å². The number of benzene rings is 3. The number of ether oxygens (including phenoxy) is 1. The van der Waals surface area contributed by atoms with Gasteiger partial charge in [0.15, 0.2) is 0 Å². The maximum atomic E-state index is 13.3. The van der Waals surface area contributed by atoms with E-state index in [0.717, 1.165) is 5.56 Å². The largest absolute Gasteiger partial charge is 0.508 e. The SMILES string of the molecule is COC(=O)[C@H](Cc1ccccc1)NC(=O)[C@H](Cc1ccc(O)cc1)NC(=O)c1ccc(NC(C)=O)cc1. The lowest BCUT2D eigenvalue weighted by atomic mass is 10.0. The van der Waals surface area contributed by atoms with Crippen molar-refractivity contribution in [1.29, 1.82) is 0 Å². The molecule has 0 aromatic heterocycles. The van der Waals surface area contributed by atoms with Crippen molar-refractivity contribution in [3.8, 4) is 5.75 Å². The Morgan fingerprint density at radius 2 is 1.38 bits per heavy atom. The fraction of sp³-hybridized carbons (Fsp3) is 0.214. The Balaban J connectivity index is 1.80. The van der Waals surface area contributed by atoms with Crippen LogP contribution in [0.3, 0.4) is 0 Å². The third-order valence-electron chi connectivity index (χ3n) is 5.55. The van der Waals surface area contributed by atoms with Crippen molar-refractivity contribution in [2.75, 3.05) is 12.4 Å². The smallest absolute Gasteiger partial charge is 0.328 e. The second kappa shape index (κ2) is 12.9. The van der Waals surface area contributed by atoms with E-state index in [4.69, 9.17) is 4.74 Å². The first kappa shape index (κ1) is 26.9. The van der Waals surface area contributed by atoms with Crippen molar-refractivity contribution < 1.29 is 29.0 Å². The van der Waals surface area contributed by atoms with E-state index in [1.54, 1.807) is 24.3 Å². The van der Waals surface area contributed by atoms with Crippen molar-refractivity contribution in [3.63, 3.8) is 0 Å². The van der Waals surface area contributed by atoms with E-state index in [-0.39, 0.29) is 30.1 Å². The maximum absolute atomic E-state index is 13.3. The fourth-order valence-corrected chi connectivity index (χ4v) is 3.68. The molecule has 9 nitrogen and oxygen atoms in total. The molecular formula is C28H29N3O6. The molecule has 0 bridgehead atoms. The van der Waals surface area contributed by atoms with Crippen LogP contribution in [0.25, 0.3) is 0 Å². The summed E-state index contributed by atoms with van der Waals surface area (Å²) in [5, 5.41) is 17.7. The van der Waals surface area contributed by atoms with E-state index < -0.39 is 29.9 Å². The van der Waals surface area contributed by atoms with Crippen molar-refractivity contribution in [2.45, 2.75) is 31.8 Å². The maximum Gasteiger partial charge on any atom is 0.328 e. The highest BCUT2D eigenvalue weighted by molar-refractivity contribution is 5.99. The molecule has 0 heterocycles. The Morgan fingerprint density at radius 3 is 1.97 bits per heavy atom. The summed E-state index contributed by atoms with van der Waals surface area (Å²) in [5.74, 6) is -1.85. The number of phenols is 1. The van der Waals surface area contributed by atoms with E-state index >= 15 is 0 Å². The third kappa shape index (κ3) is 8.21. The zero-order valence-electron chi connectivity index (χ0n) is 20.6. The number of aromatic hydroxyl groups is 1. The summed E-state index contributed by atoms with van der Waals surface area (Å²) in [5.41, 5.74) is 2.34. The lowest BCUT2D eigenvalue weighted by Gasteiger charge is -2.23. The second-order valence-electron chi connectivity index (χ2n) is 8.43. The first-order valence-electron chi connectivity index (χ1n) is 11.6. The summed E-state index contributed by atoms with van der Waals surface area (Å²) in [6.45, 7) is 1.38. The van der Waals surface area contributed by atoms with Gasteiger partial charge in [0.1, 0.15) is 17.8 Å². The van der Waals surface area contributed by atoms with Crippen molar-refractivity contribution in [2.24, 2.45) is 0 Å². The van der Waals surface area contributed by atoms with Crippen LogP contribution in [0.15, 0.2) is 78.9 Å². The van der Waals surface area contributed by atoms with Gasteiger partial charge in [-0.1, -0.05) is 42.5 Å². The number of methoxy groups -OCH3 is 1. The molecule has 0 saturated heterocycles. The molecule has 3 aromatic rings.